The SMILES string of the molecule is COc1cc(C(=O)OC(C)C(=O)NCc2ccc3c(c2)OCO3)ccc1OCC(C)C. The van der Waals surface area contributed by atoms with E-state index < -0.39 is 18.0 Å². The van der Waals surface area contributed by atoms with Gasteiger partial charge in [-0.1, -0.05) is 19.9 Å². The van der Waals surface area contributed by atoms with E-state index in [9.17, 15) is 9.59 Å². The van der Waals surface area contributed by atoms with Crippen molar-refractivity contribution < 1.29 is 33.3 Å². The van der Waals surface area contributed by atoms with Gasteiger partial charge in [0, 0.05) is 6.54 Å². The minimum atomic E-state index is -0.968. The normalized spacial score (nSPS) is 12.9. The molecule has 0 fully saturated rings. The molecule has 3 rings (SSSR count). The zero-order chi connectivity index (χ0) is 22.4. The van der Waals surface area contributed by atoms with Gasteiger partial charge in [-0.3, -0.25) is 4.79 Å². The third-order valence-corrected chi connectivity index (χ3v) is 4.53. The Hall–Kier alpha value is -3.42. The van der Waals surface area contributed by atoms with Crippen LogP contribution in [0.5, 0.6) is 23.0 Å². The Morgan fingerprint density at radius 3 is 2.55 bits per heavy atom. The quantitative estimate of drug-likeness (QED) is 0.611. The van der Waals surface area contributed by atoms with Crippen LogP contribution in [0.1, 0.15) is 36.7 Å². The third-order valence-electron chi connectivity index (χ3n) is 4.53. The van der Waals surface area contributed by atoms with Crippen molar-refractivity contribution in [2.45, 2.75) is 33.4 Å². The molecule has 1 unspecified atom stereocenters. The van der Waals surface area contributed by atoms with Gasteiger partial charge in [0.05, 0.1) is 19.3 Å². The Labute approximate surface area is 181 Å². The molecule has 0 saturated heterocycles. The Morgan fingerprint density at radius 2 is 1.81 bits per heavy atom. The molecule has 0 saturated carbocycles. The molecule has 0 radical (unpaired) electrons. The van der Waals surface area contributed by atoms with Crippen molar-refractivity contribution in [3.05, 3.63) is 47.5 Å². The molecule has 0 aliphatic carbocycles. The van der Waals surface area contributed by atoms with Gasteiger partial charge in [0.1, 0.15) is 0 Å². The van der Waals surface area contributed by atoms with E-state index in [0.29, 0.717) is 35.5 Å². The molecule has 8 heteroatoms. The molecular formula is C23H27NO7. The lowest BCUT2D eigenvalue weighted by atomic mass is 10.2. The molecule has 1 heterocycles. The number of nitrogens with one attached hydrogen (secondary N) is 1. The minimum Gasteiger partial charge on any atom is -0.493 e. The average Bonchev–Trinajstić information content (AvgIpc) is 3.23. The molecule has 0 spiro atoms. The zero-order valence-electron chi connectivity index (χ0n) is 18.1. The van der Waals surface area contributed by atoms with E-state index in [1.807, 2.05) is 19.9 Å². The predicted octanol–water partition coefficient (Wildman–Crippen LogP) is 3.32. The first-order valence-corrected chi connectivity index (χ1v) is 10.1. The second-order valence-electron chi connectivity index (χ2n) is 7.52. The predicted molar refractivity (Wildman–Crippen MR) is 113 cm³/mol. The third kappa shape index (κ3) is 5.81. The van der Waals surface area contributed by atoms with Crippen LogP contribution in [-0.4, -0.2) is 38.5 Å². The van der Waals surface area contributed by atoms with Crippen LogP contribution in [0.15, 0.2) is 36.4 Å². The Kier molecular flexibility index (Phi) is 7.23. The molecule has 1 aliphatic rings. The smallest absolute Gasteiger partial charge is 0.339 e. The molecule has 2 aromatic carbocycles. The van der Waals surface area contributed by atoms with Gasteiger partial charge in [-0.2, -0.15) is 0 Å². The summed E-state index contributed by atoms with van der Waals surface area (Å²) in [5.41, 5.74) is 1.11. The maximum absolute atomic E-state index is 12.5. The minimum absolute atomic E-state index is 0.188. The highest BCUT2D eigenvalue weighted by Gasteiger charge is 2.21. The summed E-state index contributed by atoms with van der Waals surface area (Å²) in [6.07, 6.45) is -0.968. The van der Waals surface area contributed by atoms with E-state index >= 15 is 0 Å². The second kappa shape index (κ2) is 10.1. The van der Waals surface area contributed by atoms with Crippen molar-refractivity contribution in [3.8, 4) is 23.0 Å². The molecule has 1 N–H and O–H groups in total. The van der Waals surface area contributed by atoms with Crippen molar-refractivity contribution in [2.75, 3.05) is 20.5 Å². The number of ether oxygens (including phenoxy) is 5. The fourth-order valence-corrected chi connectivity index (χ4v) is 2.84. The maximum Gasteiger partial charge on any atom is 0.339 e. The Bertz CT molecular complexity index is 942. The summed E-state index contributed by atoms with van der Waals surface area (Å²) >= 11 is 0. The van der Waals surface area contributed by atoms with Crippen LogP contribution in [0.25, 0.3) is 0 Å². The summed E-state index contributed by atoms with van der Waals surface area (Å²) < 4.78 is 26.9. The first-order valence-electron chi connectivity index (χ1n) is 10.1. The molecule has 166 valence electrons. The number of carbonyl (C=O) groups excluding carboxylic acids is 2. The molecule has 0 bridgehead atoms. The molecule has 1 amide bonds. The molecule has 0 aromatic heterocycles. The number of rotatable bonds is 9. The first kappa shape index (κ1) is 22.3. The van der Waals surface area contributed by atoms with Crippen LogP contribution in [0, 0.1) is 5.92 Å². The van der Waals surface area contributed by atoms with Gasteiger partial charge in [0.2, 0.25) is 6.79 Å². The van der Waals surface area contributed by atoms with Crippen LogP contribution >= 0.6 is 0 Å². The molecule has 1 atom stereocenters. The van der Waals surface area contributed by atoms with E-state index in [2.05, 4.69) is 5.32 Å². The highest BCUT2D eigenvalue weighted by molar-refractivity contribution is 5.92. The molecule has 2 aromatic rings. The molecule has 1 aliphatic heterocycles. The second-order valence-corrected chi connectivity index (χ2v) is 7.52. The topological polar surface area (TPSA) is 92.3 Å². The lowest BCUT2D eigenvalue weighted by Crippen LogP contribution is -2.35. The van der Waals surface area contributed by atoms with Gasteiger partial charge in [-0.05, 0) is 48.7 Å². The Balaban J connectivity index is 1.54. The zero-order valence-corrected chi connectivity index (χ0v) is 18.1. The van der Waals surface area contributed by atoms with Gasteiger partial charge in [-0.25, -0.2) is 4.79 Å². The summed E-state index contributed by atoms with van der Waals surface area (Å²) in [5.74, 6) is 1.60. The molecule has 8 nitrogen and oxygen atoms in total. The number of benzene rings is 2. The fourth-order valence-electron chi connectivity index (χ4n) is 2.84. The van der Waals surface area contributed by atoms with Crippen molar-refractivity contribution in [3.63, 3.8) is 0 Å². The molecule has 31 heavy (non-hydrogen) atoms. The van der Waals surface area contributed by atoms with Gasteiger partial charge in [0.25, 0.3) is 5.91 Å². The van der Waals surface area contributed by atoms with Crippen molar-refractivity contribution in [1.82, 2.24) is 5.32 Å². The number of fused-ring (bicyclic) bond motifs is 1. The van der Waals surface area contributed by atoms with E-state index in [-0.39, 0.29) is 18.9 Å². The lowest BCUT2D eigenvalue weighted by molar-refractivity contribution is -0.129. The standard InChI is InChI=1S/C23H27NO7/c1-14(2)12-28-18-8-6-17(10-20(18)27-4)23(26)31-15(3)22(25)24-11-16-5-7-19-21(9-16)30-13-29-19/h5-10,14-15H,11-13H2,1-4H3,(H,24,25). The number of esters is 1. The van der Waals surface area contributed by atoms with E-state index in [1.54, 1.807) is 24.3 Å². The summed E-state index contributed by atoms with van der Waals surface area (Å²) in [7, 11) is 1.50. The largest absolute Gasteiger partial charge is 0.493 e. The van der Waals surface area contributed by atoms with E-state index in [0.717, 1.165) is 5.56 Å². The van der Waals surface area contributed by atoms with Crippen LogP contribution in [-0.2, 0) is 16.1 Å². The number of methoxy groups -OCH3 is 1. The van der Waals surface area contributed by atoms with Gasteiger partial charge < -0.3 is 29.0 Å². The number of hydrogen-bond acceptors (Lipinski definition) is 7. The van der Waals surface area contributed by atoms with Gasteiger partial charge >= 0.3 is 5.97 Å². The van der Waals surface area contributed by atoms with Crippen molar-refractivity contribution in [1.29, 1.82) is 0 Å². The van der Waals surface area contributed by atoms with E-state index in [1.165, 1.54) is 20.1 Å². The lowest BCUT2D eigenvalue weighted by Gasteiger charge is -2.15. The summed E-state index contributed by atoms with van der Waals surface area (Å²) in [6.45, 7) is 6.58. The summed E-state index contributed by atoms with van der Waals surface area (Å²) in [4.78, 5) is 24.8. The van der Waals surface area contributed by atoms with Crippen LogP contribution in [0.2, 0.25) is 0 Å². The number of amides is 1. The van der Waals surface area contributed by atoms with Crippen LogP contribution in [0.3, 0.4) is 0 Å². The first-order chi connectivity index (χ1) is 14.9. The number of carbonyl (C=O) groups is 2. The van der Waals surface area contributed by atoms with Crippen molar-refractivity contribution in [2.24, 2.45) is 5.92 Å². The highest BCUT2D eigenvalue weighted by Crippen LogP contribution is 2.32. The summed E-state index contributed by atoms with van der Waals surface area (Å²) in [5, 5.41) is 2.75. The highest BCUT2D eigenvalue weighted by atomic mass is 16.7. The van der Waals surface area contributed by atoms with Crippen LogP contribution in [0.4, 0.5) is 0 Å². The summed E-state index contributed by atoms with van der Waals surface area (Å²) in [6, 6.07) is 10.2. The average molecular weight is 429 g/mol. The van der Waals surface area contributed by atoms with Crippen LogP contribution < -0.4 is 24.3 Å². The van der Waals surface area contributed by atoms with Gasteiger partial charge in [-0.15, -0.1) is 0 Å². The number of hydrogen-bond donors (Lipinski definition) is 1. The van der Waals surface area contributed by atoms with Gasteiger partial charge in [0.15, 0.2) is 29.1 Å². The maximum atomic E-state index is 12.5. The van der Waals surface area contributed by atoms with E-state index in [4.69, 9.17) is 23.7 Å². The van der Waals surface area contributed by atoms with Crippen molar-refractivity contribution >= 4 is 11.9 Å². The monoisotopic (exact) mass is 429 g/mol. The molecular weight excluding hydrogens is 402 g/mol. The fraction of sp³-hybridized carbons (Fsp3) is 0.391. The Morgan fingerprint density at radius 1 is 1.03 bits per heavy atom.